The van der Waals surface area contributed by atoms with Gasteiger partial charge >= 0.3 is 0 Å². The van der Waals surface area contributed by atoms with Gasteiger partial charge in [0.1, 0.15) is 0 Å². The van der Waals surface area contributed by atoms with E-state index in [1.165, 1.54) is 30.3 Å². The summed E-state index contributed by atoms with van der Waals surface area (Å²) in [6, 6.07) is 20.3. The lowest BCUT2D eigenvalue weighted by atomic mass is 10.2. The molecule has 0 aliphatic rings. The molecule has 6 heteroatoms. The van der Waals surface area contributed by atoms with Crippen molar-refractivity contribution in [3.63, 3.8) is 0 Å². The van der Waals surface area contributed by atoms with Gasteiger partial charge in [0, 0.05) is 16.4 Å². The lowest BCUT2D eigenvalue weighted by Gasteiger charge is -2.12. The number of hydrogen-bond donors (Lipinski definition) is 2. The number of nitrogens with one attached hydrogen (secondary N) is 1. The molecule has 0 aliphatic carbocycles. The first kappa shape index (κ1) is 16.4. The zero-order valence-corrected chi connectivity index (χ0v) is 14.2. The molecular formula is C18H15ClN2O2S. The summed E-state index contributed by atoms with van der Waals surface area (Å²) in [5, 5.41) is 3.64. The Labute approximate surface area is 145 Å². The number of halogens is 1. The molecule has 0 radical (unpaired) electrons. The molecular weight excluding hydrogens is 344 g/mol. The highest BCUT2D eigenvalue weighted by molar-refractivity contribution is 7.91. The topological polar surface area (TPSA) is 72.2 Å². The SMILES string of the molecule is Nc1ccc(Nc2ccccc2)cc1S(=O)(=O)c1ccc(Cl)cc1. The molecule has 0 heterocycles. The van der Waals surface area contributed by atoms with Gasteiger partial charge in [-0.3, -0.25) is 0 Å². The average molecular weight is 359 g/mol. The summed E-state index contributed by atoms with van der Waals surface area (Å²) in [6.45, 7) is 0. The van der Waals surface area contributed by atoms with Gasteiger partial charge in [-0.15, -0.1) is 0 Å². The van der Waals surface area contributed by atoms with E-state index in [1.807, 2.05) is 30.3 Å². The van der Waals surface area contributed by atoms with Crippen molar-refractivity contribution in [2.75, 3.05) is 11.1 Å². The molecule has 0 saturated carbocycles. The van der Waals surface area contributed by atoms with Crippen LogP contribution in [0.4, 0.5) is 17.1 Å². The minimum absolute atomic E-state index is 0.0609. The van der Waals surface area contributed by atoms with Crippen LogP contribution in [0.15, 0.2) is 82.6 Å². The van der Waals surface area contributed by atoms with Crippen molar-refractivity contribution in [1.29, 1.82) is 0 Å². The van der Waals surface area contributed by atoms with Crippen LogP contribution in [0.25, 0.3) is 0 Å². The predicted octanol–water partition coefficient (Wildman–Crippen LogP) is 4.50. The molecule has 0 unspecified atom stereocenters. The van der Waals surface area contributed by atoms with E-state index in [4.69, 9.17) is 17.3 Å². The van der Waals surface area contributed by atoms with Gasteiger partial charge < -0.3 is 11.1 Å². The lowest BCUT2D eigenvalue weighted by molar-refractivity contribution is 0.596. The highest BCUT2D eigenvalue weighted by Gasteiger charge is 2.21. The van der Waals surface area contributed by atoms with Crippen molar-refractivity contribution in [1.82, 2.24) is 0 Å². The van der Waals surface area contributed by atoms with E-state index in [0.29, 0.717) is 10.7 Å². The third kappa shape index (κ3) is 3.37. The molecule has 0 spiro atoms. The quantitative estimate of drug-likeness (QED) is 0.673. The number of sulfone groups is 1. The van der Waals surface area contributed by atoms with Gasteiger partial charge in [-0.05, 0) is 54.6 Å². The van der Waals surface area contributed by atoms with E-state index in [0.717, 1.165) is 5.69 Å². The Hall–Kier alpha value is -2.50. The zero-order valence-electron chi connectivity index (χ0n) is 12.6. The summed E-state index contributed by atoms with van der Waals surface area (Å²) >= 11 is 5.83. The van der Waals surface area contributed by atoms with Gasteiger partial charge in [-0.1, -0.05) is 29.8 Å². The maximum absolute atomic E-state index is 12.8. The molecule has 3 aromatic carbocycles. The van der Waals surface area contributed by atoms with Crippen LogP contribution < -0.4 is 11.1 Å². The Kier molecular flexibility index (Phi) is 4.46. The second-order valence-electron chi connectivity index (χ2n) is 5.20. The Morgan fingerprint density at radius 2 is 1.50 bits per heavy atom. The number of nitrogens with two attached hydrogens (primary N) is 1. The molecule has 122 valence electrons. The van der Waals surface area contributed by atoms with Crippen LogP contribution in [-0.2, 0) is 9.84 Å². The van der Waals surface area contributed by atoms with Crippen LogP contribution >= 0.6 is 11.6 Å². The van der Waals surface area contributed by atoms with Gasteiger partial charge in [0.2, 0.25) is 9.84 Å². The summed E-state index contributed by atoms with van der Waals surface area (Å²) in [6.07, 6.45) is 0. The van der Waals surface area contributed by atoms with Crippen LogP contribution in [0, 0.1) is 0 Å². The van der Waals surface area contributed by atoms with Crippen molar-refractivity contribution >= 4 is 38.5 Å². The summed E-state index contributed by atoms with van der Waals surface area (Å²) in [7, 11) is -3.72. The van der Waals surface area contributed by atoms with E-state index >= 15 is 0 Å². The fourth-order valence-corrected chi connectivity index (χ4v) is 3.81. The van der Waals surface area contributed by atoms with Crippen LogP contribution in [0.2, 0.25) is 5.02 Å². The van der Waals surface area contributed by atoms with E-state index < -0.39 is 9.84 Å². The Bertz CT molecular complexity index is 956. The Morgan fingerprint density at radius 1 is 0.833 bits per heavy atom. The second kappa shape index (κ2) is 6.55. The molecule has 0 aromatic heterocycles. The second-order valence-corrected chi connectivity index (χ2v) is 7.56. The molecule has 3 aromatic rings. The van der Waals surface area contributed by atoms with Crippen molar-refractivity contribution in [2.45, 2.75) is 9.79 Å². The first-order chi connectivity index (χ1) is 11.5. The average Bonchev–Trinajstić information content (AvgIpc) is 2.58. The third-order valence-electron chi connectivity index (χ3n) is 3.49. The van der Waals surface area contributed by atoms with Crippen molar-refractivity contribution < 1.29 is 8.42 Å². The summed E-state index contributed by atoms with van der Waals surface area (Å²) in [5.41, 5.74) is 7.60. The Morgan fingerprint density at radius 3 is 2.17 bits per heavy atom. The van der Waals surface area contributed by atoms with E-state index in [-0.39, 0.29) is 15.5 Å². The molecule has 4 nitrogen and oxygen atoms in total. The molecule has 0 atom stereocenters. The molecule has 3 N–H and O–H groups in total. The normalized spacial score (nSPS) is 11.2. The van der Waals surface area contributed by atoms with E-state index in [9.17, 15) is 8.42 Å². The van der Waals surface area contributed by atoms with Gasteiger partial charge in [0.25, 0.3) is 0 Å². The highest BCUT2D eigenvalue weighted by atomic mass is 35.5. The maximum Gasteiger partial charge on any atom is 0.208 e. The number of benzene rings is 3. The molecule has 3 rings (SSSR count). The number of para-hydroxylation sites is 1. The van der Waals surface area contributed by atoms with Crippen LogP contribution in [0.1, 0.15) is 0 Å². The lowest BCUT2D eigenvalue weighted by Crippen LogP contribution is -2.06. The molecule has 0 aliphatic heterocycles. The zero-order chi connectivity index (χ0) is 17.2. The van der Waals surface area contributed by atoms with Crippen LogP contribution in [0.5, 0.6) is 0 Å². The molecule has 0 bridgehead atoms. The standard InChI is InChI=1S/C18H15ClN2O2S/c19-13-6-9-16(10-7-13)24(22,23)18-12-15(8-11-17(18)20)21-14-4-2-1-3-5-14/h1-12,21H,20H2. The minimum Gasteiger partial charge on any atom is -0.398 e. The third-order valence-corrected chi connectivity index (χ3v) is 5.57. The van der Waals surface area contributed by atoms with Crippen molar-refractivity contribution in [3.05, 3.63) is 77.8 Å². The monoisotopic (exact) mass is 358 g/mol. The minimum atomic E-state index is -3.72. The molecule has 0 saturated heterocycles. The van der Waals surface area contributed by atoms with E-state index in [2.05, 4.69) is 5.32 Å². The fraction of sp³-hybridized carbons (Fsp3) is 0. The van der Waals surface area contributed by atoms with E-state index in [1.54, 1.807) is 12.1 Å². The fourth-order valence-electron chi connectivity index (χ4n) is 2.27. The molecule has 24 heavy (non-hydrogen) atoms. The first-order valence-corrected chi connectivity index (χ1v) is 9.05. The van der Waals surface area contributed by atoms with Gasteiger partial charge in [-0.2, -0.15) is 0 Å². The number of nitrogen functional groups attached to an aromatic ring is 1. The number of hydrogen-bond acceptors (Lipinski definition) is 4. The van der Waals surface area contributed by atoms with Gasteiger partial charge in [0.05, 0.1) is 15.5 Å². The summed E-state index contributed by atoms with van der Waals surface area (Å²) in [5.74, 6) is 0. The van der Waals surface area contributed by atoms with Gasteiger partial charge in [0.15, 0.2) is 0 Å². The number of rotatable bonds is 4. The first-order valence-electron chi connectivity index (χ1n) is 7.19. The summed E-state index contributed by atoms with van der Waals surface area (Å²) in [4.78, 5) is 0.209. The van der Waals surface area contributed by atoms with Crippen molar-refractivity contribution in [3.8, 4) is 0 Å². The van der Waals surface area contributed by atoms with Crippen molar-refractivity contribution in [2.24, 2.45) is 0 Å². The number of anilines is 3. The highest BCUT2D eigenvalue weighted by Crippen LogP contribution is 2.30. The maximum atomic E-state index is 12.8. The summed E-state index contributed by atoms with van der Waals surface area (Å²) < 4.78 is 25.6. The van der Waals surface area contributed by atoms with Gasteiger partial charge in [-0.25, -0.2) is 8.42 Å². The predicted molar refractivity (Wildman–Crippen MR) is 97.5 cm³/mol. The smallest absolute Gasteiger partial charge is 0.208 e. The molecule has 0 amide bonds. The van der Waals surface area contributed by atoms with Crippen LogP contribution in [0.3, 0.4) is 0 Å². The molecule has 0 fully saturated rings. The Balaban J connectivity index is 2.01. The largest absolute Gasteiger partial charge is 0.398 e. The van der Waals surface area contributed by atoms with Crippen LogP contribution in [-0.4, -0.2) is 8.42 Å².